The van der Waals surface area contributed by atoms with Gasteiger partial charge in [0.25, 0.3) is 5.69 Å². The maximum absolute atomic E-state index is 12.4. The van der Waals surface area contributed by atoms with Crippen molar-refractivity contribution in [3.8, 4) is 6.07 Å². The smallest absolute Gasteiger partial charge is 0.269 e. The van der Waals surface area contributed by atoms with Crippen LogP contribution in [0.4, 0.5) is 5.69 Å². The normalized spacial score (nSPS) is 11.4. The van der Waals surface area contributed by atoms with Crippen LogP contribution in [0, 0.1) is 21.4 Å². The van der Waals surface area contributed by atoms with Gasteiger partial charge in [0, 0.05) is 22.2 Å². The van der Waals surface area contributed by atoms with Crippen LogP contribution in [-0.4, -0.2) is 10.7 Å². The Labute approximate surface area is 129 Å². The summed E-state index contributed by atoms with van der Waals surface area (Å²) in [6, 6.07) is 14.2. The van der Waals surface area contributed by atoms with Gasteiger partial charge in [0.1, 0.15) is 5.92 Å². The zero-order valence-electron chi connectivity index (χ0n) is 10.7. The van der Waals surface area contributed by atoms with Crippen molar-refractivity contribution in [1.82, 2.24) is 0 Å². The molecule has 0 aliphatic heterocycles. The zero-order chi connectivity index (χ0) is 15.4. The predicted molar refractivity (Wildman–Crippen MR) is 79.9 cm³/mol. The highest BCUT2D eigenvalue weighted by Gasteiger charge is 2.22. The molecule has 0 fully saturated rings. The van der Waals surface area contributed by atoms with E-state index in [9.17, 15) is 20.2 Å². The fourth-order valence-corrected chi connectivity index (χ4v) is 2.30. The second kappa shape index (κ2) is 6.29. The van der Waals surface area contributed by atoms with Gasteiger partial charge in [-0.25, -0.2) is 0 Å². The summed E-state index contributed by atoms with van der Waals surface area (Å²) in [4.78, 5) is 22.4. The Morgan fingerprint density at radius 3 is 2.43 bits per heavy atom. The van der Waals surface area contributed by atoms with E-state index in [0.29, 0.717) is 5.56 Å². The Bertz CT molecular complexity index is 735. The molecule has 5 nitrogen and oxygen atoms in total. The minimum absolute atomic E-state index is 0.0949. The van der Waals surface area contributed by atoms with Crippen molar-refractivity contribution >= 4 is 27.4 Å². The third-order valence-electron chi connectivity index (χ3n) is 2.94. The highest BCUT2D eigenvalue weighted by molar-refractivity contribution is 9.10. The van der Waals surface area contributed by atoms with Crippen LogP contribution in [0.2, 0.25) is 0 Å². The monoisotopic (exact) mass is 344 g/mol. The number of nitrogens with zero attached hydrogens (tertiary/aromatic N) is 2. The van der Waals surface area contributed by atoms with Gasteiger partial charge < -0.3 is 0 Å². The van der Waals surface area contributed by atoms with Crippen molar-refractivity contribution in [3.63, 3.8) is 0 Å². The van der Waals surface area contributed by atoms with E-state index >= 15 is 0 Å². The van der Waals surface area contributed by atoms with Crippen LogP contribution in [0.15, 0.2) is 53.0 Å². The molecule has 2 rings (SSSR count). The highest BCUT2D eigenvalue weighted by Crippen LogP contribution is 2.24. The van der Waals surface area contributed by atoms with Crippen molar-refractivity contribution < 1.29 is 9.72 Å². The molecule has 0 bridgehead atoms. The van der Waals surface area contributed by atoms with Gasteiger partial charge in [-0.15, -0.1) is 0 Å². The predicted octanol–water partition coefficient (Wildman–Crippen LogP) is 3.85. The molecule has 0 N–H and O–H groups in total. The third-order valence-corrected chi connectivity index (χ3v) is 3.43. The maximum atomic E-state index is 12.4. The molecule has 1 atom stereocenters. The molecule has 0 heterocycles. The average Bonchev–Trinajstić information content (AvgIpc) is 2.48. The van der Waals surface area contributed by atoms with Gasteiger partial charge in [0.2, 0.25) is 0 Å². The molecule has 0 spiro atoms. The lowest BCUT2D eigenvalue weighted by atomic mass is 9.92. The van der Waals surface area contributed by atoms with E-state index in [1.165, 1.54) is 24.3 Å². The molecule has 2 aromatic carbocycles. The fraction of sp³-hybridized carbons (Fsp3) is 0.0667. The van der Waals surface area contributed by atoms with E-state index in [1.54, 1.807) is 24.3 Å². The van der Waals surface area contributed by atoms with Crippen molar-refractivity contribution in [2.24, 2.45) is 0 Å². The van der Waals surface area contributed by atoms with Gasteiger partial charge in [-0.3, -0.25) is 14.9 Å². The fourth-order valence-electron chi connectivity index (χ4n) is 1.88. The molecule has 0 aliphatic carbocycles. The van der Waals surface area contributed by atoms with Gasteiger partial charge in [-0.05, 0) is 29.8 Å². The number of benzene rings is 2. The van der Waals surface area contributed by atoms with Crippen LogP contribution in [0.25, 0.3) is 0 Å². The molecule has 0 saturated carbocycles. The first-order valence-electron chi connectivity index (χ1n) is 5.96. The molecule has 2 aromatic rings. The Balaban J connectivity index is 2.33. The summed E-state index contributed by atoms with van der Waals surface area (Å²) in [5.74, 6) is -1.32. The number of halogens is 1. The number of nitro groups is 1. The van der Waals surface area contributed by atoms with Gasteiger partial charge in [0.15, 0.2) is 5.78 Å². The topological polar surface area (TPSA) is 84.0 Å². The molecule has 0 saturated heterocycles. The largest absolute Gasteiger partial charge is 0.292 e. The Morgan fingerprint density at radius 1 is 1.24 bits per heavy atom. The van der Waals surface area contributed by atoms with Crippen LogP contribution in [-0.2, 0) is 0 Å². The number of carbonyl (C=O) groups excluding carboxylic acids is 1. The summed E-state index contributed by atoms with van der Waals surface area (Å²) in [7, 11) is 0. The quantitative estimate of drug-likeness (QED) is 0.479. The standard InChI is InChI=1S/C15H9BrN2O3/c16-12-3-1-2-11(8-12)14(9-17)15(19)10-4-6-13(7-5-10)18(20)21/h1-8,14H. The Kier molecular flexibility index (Phi) is 4.45. The number of hydrogen-bond donors (Lipinski definition) is 0. The number of non-ortho nitro benzene ring substituents is 1. The molecule has 0 aliphatic rings. The van der Waals surface area contributed by atoms with Crippen molar-refractivity contribution in [2.45, 2.75) is 5.92 Å². The van der Waals surface area contributed by atoms with Crippen molar-refractivity contribution in [3.05, 3.63) is 74.2 Å². The van der Waals surface area contributed by atoms with E-state index in [2.05, 4.69) is 15.9 Å². The summed E-state index contributed by atoms with van der Waals surface area (Å²) in [6.45, 7) is 0. The van der Waals surface area contributed by atoms with Crippen LogP contribution in [0.1, 0.15) is 21.8 Å². The number of nitro benzene ring substituents is 1. The first-order chi connectivity index (χ1) is 10.0. The summed E-state index contributed by atoms with van der Waals surface area (Å²) >= 11 is 3.29. The lowest BCUT2D eigenvalue weighted by molar-refractivity contribution is -0.384. The average molecular weight is 345 g/mol. The Hall–Kier alpha value is -2.52. The second-order valence-electron chi connectivity index (χ2n) is 4.29. The third kappa shape index (κ3) is 3.33. The lowest BCUT2D eigenvalue weighted by Gasteiger charge is -2.09. The van der Waals surface area contributed by atoms with Gasteiger partial charge in [-0.2, -0.15) is 5.26 Å². The van der Waals surface area contributed by atoms with Crippen LogP contribution in [0.5, 0.6) is 0 Å². The number of hydrogen-bond acceptors (Lipinski definition) is 4. The summed E-state index contributed by atoms with van der Waals surface area (Å²) < 4.78 is 0.775. The summed E-state index contributed by atoms with van der Waals surface area (Å²) in [6.07, 6.45) is 0. The van der Waals surface area contributed by atoms with Crippen LogP contribution >= 0.6 is 15.9 Å². The van der Waals surface area contributed by atoms with E-state index in [0.717, 1.165) is 4.47 Å². The van der Waals surface area contributed by atoms with Crippen LogP contribution < -0.4 is 0 Å². The van der Waals surface area contributed by atoms with Gasteiger partial charge in [-0.1, -0.05) is 28.1 Å². The lowest BCUT2D eigenvalue weighted by Crippen LogP contribution is -2.11. The van der Waals surface area contributed by atoms with Gasteiger partial charge >= 0.3 is 0 Å². The molecule has 0 amide bonds. The molecule has 0 aromatic heterocycles. The van der Waals surface area contributed by atoms with Crippen LogP contribution in [0.3, 0.4) is 0 Å². The number of nitriles is 1. The zero-order valence-corrected chi connectivity index (χ0v) is 12.3. The number of rotatable bonds is 4. The van der Waals surface area contributed by atoms with E-state index in [1.807, 2.05) is 6.07 Å². The first-order valence-corrected chi connectivity index (χ1v) is 6.76. The number of Topliss-reactive ketones (excluding diaryl/α,β-unsaturated/α-hetero) is 1. The minimum atomic E-state index is -0.941. The van der Waals surface area contributed by atoms with E-state index in [4.69, 9.17) is 0 Å². The highest BCUT2D eigenvalue weighted by atomic mass is 79.9. The number of ketones is 1. The van der Waals surface area contributed by atoms with E-state index < -0.39 is 10.8 Å². The van der Waals surface area contributed by atoms with Gasteiger partial charge in [0.05, 0.1) is 11.0 Å². The molecule has 104 valence electrons. The van der Waals surface area contributed by atoms with E-state index in [-0.39, 0.29) is 17.0 Å². The van der Waals surface area contributed by atoms with Crippen molar-refractivity contribution in [1.29, 1.82) is 5.26 Å². The van der Waals surface area contributed by atoms with Crippen molar-refractivity contribution in [2.75, 3.05) is 0 Å². The Morgan fingerprint density at radius 2 is 1.90 bits per heavy atom. The summed E-state index contributed by atoms with van der Waals surface area (Å²) in [5, 5.41) is 19.8. The molecule has 6 heteroatoms. The molecule has 21 heavy (non-hydrogen) atoms. The first kappa shape index (κ1) is 14.9. The molecular weight excluding hydrogens is 336 g/mol. The maximum Gasteiger partial charge on any atom is 0.269 e. The minimum Gasteiger partial charge on any atom is -0.292 e. The second-order valence-corrected chi connectivity index (χ2v) is 5.20. The molecule has 1 unspecified atom stereocenters. The molecular formula is C15H9BrN2O3. The molecule has 0 radical (unpaired) electrons. The SMILES string of the molecule is N#CC(C(=O)c1ccc([N+](=O)[O-])cc1)c1cccc(Br)c1. The number of carbonyl (C=O) groups is 1. The summed E-state index contributed by atoms with van der Waals surface area (Å²) in [5.41, 5.74) is 0.755.